The summed E-state index contributed by atoms with van der Waals surface area (Å²) >= 11 is 0. The van der Waals surface area contributed by atoms with E-state index < -0.39 is 66.0 Å². The van der Waals surface area contributed by atoms with Crippen LogP contribution in [-0.2, 0) is 15.0 Å². The van der Waals surface area contributed by atoms with Crippen molar-refractivity contribution in [2.75, 3.05) is 13.1 Å². The molecule has 14 nitrogen and oxygen atoms in total. The smallest absolute Gasteiger partial charge is 0.343 e. The number of hydrogen-bond acceptors (Lipinski definition) is 10. The Morgan fingerprint density at radius 3 is 1.18 bits per heavy atom. The molecule has 9 rings (SSSR count). The molecule has 2 heterocycles. The third-order valence-corrected chi connectivity index (χ3v) is 10.9. The lowest BCUT2D eigenvalue weighted by molar-refractivity contribution is -0.138. The van der Waals surface area contributed by atoms with Crippen LogP contribution in [0.15, 0.2) is 133 Å². The normalized spacial score (nSPS) is 14.3. The minimum absolute atomic E-state index is 0.0104. The van der Waals surface area contributed by atoms with E-state index in [2.05, 4.69) is 0 Å². The molecular formula is C47H28N2O12. The number of imide groups is 2. The molecule has 2 aliphatic heterocycles. The number of amides is 4. The van der Waals surface area contributed by atoms with E-state index in [-0.39, 0.29) is 44.9 Å². The molecular weight excluding hydrogens is 785 g/mol. The summed E-state index contributed by atoms with van der Waals surface area (Å²) in [6.07, 6.45) is 0. The first-order chi connectivity index (χ1) is 29.4. The molecule has 14 heteroatoms. The van der Waals surface area contributed by atoms with Gasteiger partial charge in [-0.25, -0.2) is 9.59 Å². The third-order valence-electron chi connectivity index (χ3n) is 10.9. The van der Waals surface area contributed by atoms with Crippen molar-refractivity contribution in [1.82, 2.24) is 9.80 Å². The number of benzene rings is 6. The number of carbonyl (C=O) groups excluding carboxylic acids is 6. The molecule has 0 radical (unpaired) electrons. The van der Waals surface area contributed by atoms with E-state index in [0.29, 0.717) is 9.80 Å². The molecule has 6 aromatic carbocycles. The van der Waals surface area contributed by atoms with Crippen molar-refractivity contribution in [2.45, 2.75) is 5.41 Å². The first kappa shape index (κ1) is 38.0. The van der Waals surface area contributed by atoms with Gasteiger partial charge in [-0.15, -0.1) is 0 Å². The zero-order valence-corrected chi connectivity index (χ0v) is 31.5. The zero-order valence-electron chi connectivity index (χ0n) is 31.5. The second-order valence-corrected chi connectivity index (χ2v) is 14.4. The molecule has 0 fully saturated rings. The summed E-state index contributed by atoms with van der Waals surface area (Å²) in [4.78, 5) is 101. The molecule has 298 valence electrons. The lowest BCUT2D eigenvalue weighted by Gasteiger charge is -2.34. The van der Waals surface area contributed by atoms with Crippen LogP contribution in [0, 0.1) is 0 Å². The number of fused-ring (bicyclic) bond motifs is 5. The third kappa shape index (κ3) is 6.12. The summed E-state index contributed by atoms with van der Waals surface area (Å²) in [6.45, 7) is -1.62. The van der Waals surface area contributed by atoms with Gasteiger partial charge in [0.15, 0.2) is 0 Å². The molecule has 2 N–H and O–H groups in total. The van der Waals surface area contributed by atoms with Gasteiger partial charge in [0.2, 0.25) is 0 Å². The molecule has 0 saturated carbocycles. The number of aliphatic carboxylic acids is 2. The summed E-state index contributed by atoms with van der Waals surface area (Å²) in [6, 6.07) is 37.5. The van der Waals surface area contributed by atoms with Crippen LogP contribution in [0.5, 0.6) is 11.5 Å². The molecule has 0 saturated heterocycles. The van der Waals surface area contributed by atoms with Gasteiger partial charge in [-0.3, -0.25) is 38.6 Å². The minimum Gasteiger partial charge on any atom is -0.480 e. The lowest BCUT2D eigenvalue weighted by atomic mass is 9.68. The summed E-state index contributed by atoms with van der Waals surface area (Å²) < 4.78 is 11.4. The van der Waals surface area contributed by atoms with E-state index in [9.17, 15) is 38.4 Å². The second-order valence-electron chi connectivity index (χ2n) is 14.4. The zero-order chi connectivity index (χ0) is 42.7. The highest BCUT2D eigenvalue weighted by atomic mass is 16.5. The van der Waals surface area contributed by atoms with Crippen molar-refractivity contribution in [3.8, 4) is 22.6 Å². The van der Waals surface area contributed by atoms with Crippen LogP contribution < -0.4 is 9.47 Å². The average molecular weight is 813 g/mol. The Labute approximate surface area is 344 Å². The number of hydrogen-bond donors (Lipinski definition) is 2. The summed E-state index contributed by atoms with van der Waals surface area (Å²) in [5.74, 6) is -7.11. The van der Waals surface area contributed by atoms with E-state index in [1.165, 1.54) is 36.4 Å². The van der Waals surface area contributed by atoms with Crippen LogP contribution in [0.25, 0.3) is 11.1 Å². The average Bonchev–Trinajstić information content (AvgIpc) is 3.78. The Kier molecular flexibility index (Phi) is 8.97. The SMILES string of the molecule is O=C(O)CN1C(=O)c2ccc(C(=O)Oc3ccc(C4(c5ccc(OC(=O)c6ccc7c(c6)C(=O)N(CC(=O)O)C7=O)cc5)c5ccccc5-c5ccccc54)cc3)cc2C1=O. The Morgan fingerprint density at radius 2 is 0.803 bits per heavy atom. The Balaban J connectivity index is 1.01. The fourth-order valence-electron chi connectivity index (χ4n) is 8.29. The molecule has 1 aliphatic carbocycles. The maximum atomic E-state index is 13.3. The fraction of sp³-hybridized carbons (Fsp3) is 0.0638. The molecule has 61 heavy (non-hydrogen) atoms. The van der Waals surface area contributed by atoms with Gasteiger partial charge in [-0.2, -0.15) is 0 Å². The number of carbonyl (C=O) groups is 8. The van der Waals surface area contributed by atoms with Crippen molar-refractivity contribution < 1.29 is 58.0 Å². The highest BCUT2D eigenvalue weighted by Gasteiger charge is 2.46. The monoisotopic (exact) mass is 812 g/mol. The maximum Gasteiger partial charge on any atom is 0.343 e. The highest BCUT2D eigenvalue weighted by Crippen LogP contribution is 2.56. The first-order valence-electron chi connectivity index (χ1n) is 18.7. The van der Waals surface area contributed by atoms with Gasteiger partial charge < -0.3 is 19.7 Å². The summed E-state index contributed by atoms with van der Waals surface area (Å²) in [5, 5.41) is 18.3. The predicted octanol–water partition coefficient (Wildman–Crippen LogP) is 5.85. The van der Waals surface area contributed by atoms with Crippen molar-refractivity contribution in [3.63, 3.8) is 0 Å². The van der Waals surface area contributed by atoms with Crippen LogP contribution in [-0.4, -0.2) is 80.6 Å². The lowest BCUT2D eigenvalue weighted by Crippen LogP contribution is -2.34. The molecule has 0 spiro atoms. The van der Waals surface area contributed by atoms with Crippen LogP contribution in [0.4, 0.5) is 0 Å². The molecule has 6 aromatic rings. The number of esters is 2. The molecule has 0 unspecified atom stereocenters. The topological polar surface area (TPSA) is 202 Å². The second kappa shape index (κ2) is 14.4. The summed E-state index contributed by atoms with van der Waals surface area (Å²) in [5.41, 5.74) is 4.41. The number of rotatable bonds is 10. The van der Waals surface area contributed by atoms with Crippen molar-refractivity contribution in [2.24, 2.45) is 0 Å². The standard InChI is InChI=1S/C47H28N2O12/c50-39(51)23-48-41(54)33-19-9-25(21-35(33)43(48)56)45(58)60-29-15-11-27(12-16-29)47(37-7-3-1-5-31(37)32-6-2-4-8-38(32)47)28-13-17-30(18-14-28)61-46(59)26-10-20-34-36(22-26)44(57)49(42(34)55)24-40(52)53/h1-22H,23-24H2,(H,50,51)(H,52,53). The van der Waals surface area contributed by atoms with Gasteiger partial charge in [0.05, 0.1) is 38.8 Å². The first-order valence-corrected chi connectivity index (χ1v) is 18.7. The molecule has 4 amide bonds. The van der Waals surface area contributed by atoms with Gasteiger partial charge in [0.1, 0.15) is 24.6 Å². The number of ether oxygens (including phenoxy) is 2. The van der Waals surface area contributed by atoms with Crippen LogP contribution in [0.2, 0.25) is 0 Å². The molecule has 0 aromatic heterocycles. The van der Waals surface area contributed by atoms with Crippen molar-refractivity contribution in [1.29, 1.82) is 0 Å². The fourth-order valence-corrected chi connectivity index (χ4v) is 8.29. The van der Waals surface area contributed by atoms with Crippen LogP contribution in [0.1, 0.15) is 84.4 Å². The number of nitrogens with zero attached hydrogens (tertiary/aromatic N) is 2. The summed E-state index contributed by atoms with van der Waals surface area (Å²) in [7, 11) is 0. The Morgan fingerprint density at radius 1 is 0.443 bits per heavy atom. The molecule has 3 aliphatic rings. The van der Waals surface area contributed by atoms with Gasteiger partial charge in [-0.05, 0) is 94.0 Å². The predicted molar refractivity (Wildman–Crippen MR) is 213 cm³/mol. The van der Waals surface area contributed by atoms with Gasteiger partial charge in [-0.1, -0.05) is 72.8 Å². The van der Waals surface area contributed by atoms with Gasteiger partial charge in [0, 0.05) is 0 Å². The Hall–Kier alpha value is -8.52. The molecule has 0 atom stereocenters. The van der Waals surface area contributed by atoms with Gasteiger partial charge in [0.25, 0.3) is 23.6 Å². The largest absolute Gasteiger partial charge is 0.480 e. The number of carboxylic acids is 2. The van der Waals surface area contributed by atoms with Crippen molar-refractivity contribution in [3.05, 3.63) is 189 Å². The maximum absolute atomic E-state index is 13.3. The number of carboxylic acid groups (broad SMARTS) is 2. The van der Waals surface area contributed by atoms with E-state index in [0.717, 1.165) is 33.4 Å². The van der Waals surface area contributed by atoms with Crippen molar-refractivity contribution >= 4 is 47.5 Å². The Bertz CT molecular complexity index is 2750. The quantitative estimate of drug-likeness (QED) is 0.0950. The van der Waals surface area contributed by atoms with Crippen LogP contribution >= 0.6 is 0 Å². The minimum atomic E-state index is -1.36. The van der Waals surface area contributed by atoms with E-state index in [1.807, 2.05) is 72.8 Å². The van der Waals surface area contributed by atoms with E-state index in [4.69, 9.17) is 19.7 Å². The van der Waals surface area contributed by atoms with E-state index in [1.54, 1.807) is 24.3 Å². The van der Waals surface area contributed by atoms with E-state index >= 15 is 0 Å². The van der Waals surface area contributed by atoms with Gasteiger partial charge >= 0.3 is 23.9 Å². The highest BCUT2D eigenvalue weighted by molar-refractivity contribution is 6.23. The molecule has 0 bridgehead atoms. The van der Waals surface area contributed by atoms with Crippen LogP contribution in [0.3, 0.4) is 0 Å².